The molecule has 0 unspecified atom stereocenters. The summed E-state index contributed by atoms with van der Waals surface area (Å²) < 4.78 is 13.4. The molecule has 0 aliphatic heterocycles. The summed E-state index contributed by atoms with van der Waals surface area (Å²) in [5.74, 6) is -0.574. The third-order valence-corrected chi connectivity index (χ3v) is 4.40. The molecule has 1 aromatic carbocycles. The number of hydrogen-bond acceptors (Lipinski definition) is 4. The van der Waals surface area contributed by atoms with Crippen molar-refractivity contribution in [1.29, 1.82) is 5.26 Å². The van der Waals surface area contributed by atoms with E-state index in [4.69, 9.17) is 11.6 Å². The first-order valence-corrected chi connectivity index (χ1v) is 8.26. The fourth-order valence-electron chi connectivity index (χ4n) is 2.81. The van der Waals surface area contributed by atoms with E-state index in [1.807, 2.05) is 12.1 Å². The first kappa shape index (κ1) is 16.8. The van der Waals surface area contributed by atoms with Crippen molar-refractivity contribution >= 4 is 34.0 Å². The number of fused-ring (bicyclic) bond motifs is 1. The van der Waals surface area contributed by atoms with Gasteiger partial charge in [0.2, 0.25) is 0 Å². The van der Waals surface area contributed by atoms with Crippen LogP contribution in [0.2, 0.25) is 5.02 Å². The highest BCUT2D eigenvalue weighted by Crippen LogP contribution is 2.29. The predicted octanol–water partition coefficient (Wildman–Crippen LogP) is 4.33. The Bertz CT molecular complexity index is 1270. The largest absolute Gasteiger partial charge is 0.353 e. The molecule has 0 amide bonds. The molecule has 132 valence electrons. The average Bonchev–Trinajstić information content (AvgIpc) is 3.15. The van der Waals surface area contributed by atoms with Crippen molar-refractivity contribution in [3.05, 3.63) is 75.7 Å². The quantitative estimate of drug-likeness (QED) is 0.493. The van der Waals surface area contributed by atoms with Gasteiger partial charge in [0.25, 0.3) is 5.56 Å². The monoisotopic (exact) mass is 379 g/mol. The molecule has 0 fully saturated rings. The summed E-state index contributed by atoms with van der Waals surface area (Å²) in [7, 11) is 0. The molecular weight excluding hydrogens is 369 g/mol. The van der Waals surface area contributed by atoms with Crippen LogP contribution in [0, 0.1) is 17.1 Å². The first-order valence-electron chi connectivity index (χ1n) is 7.89. The lowest BCUT2D eigenvalue weighted by Crippen LogP contribution is -2.12. The smallest absolute Gasteiger partial charge is 0.256 e. The summed E-state index contributed by atoms with van der Waals surface area (Å²) in [6.07, 6.45) is 3.38. The molecule has 0 spiro atoms. The van der Waals surface area contributed by atoms with E-state index in [2.05, 4.69) is 20.3 Å². The third kappa shape index (κ3) is 3.03. The van der Waals surface area contributed by atoms with Gasteiger partial charge < -0.3 is 15.3 Å². The minimum Gasteiger partial charge on any atom is -0.353 e. The number of pyridine rings is 2. The van der Waals surface area contributed by atoms with Crippen LogP contribution >= 0.6 is 11.6 Å². The maximum atomic E-state index is 13.4. The van der Waals surface area contributed by atoms with Gasteiger partial charge in [-0.25, -0.2) is 9.37 Å². The lowest BCUT2D eigenvalue weighted by atomic mass is 10.1. The van der Waals surface area contributed by atoms with Crippen molar-refractivity contribution in [2.24, 2.45) is 0 Å². The van der Waals surface area contributed by atoms with Crippen LogP contribution in [0.15, 0.2) is 53.6 Å². The Kier molecular flexibility index (Phi) is 4.11. The third-order valence-electron chi connectivity index (χ3n) is 4.11. The minimum atomic E-state index is -0.574. The highest BCUT2D eigenvalue weighted by molar-refractivity contribution is 6.31. The second-order valence-corrected chi connectivity index (χ2v) is 6.17. The average molecular weight is 380 g/mol. The zero-order chi connectivity index (χ0) is 19.0. The van der Waals surface area contributed by atoms with Crippen molar-refractivity contribution in [2.75, 3.05) is 5.32 Å². The van der Waals surface area contributed by atoms with E-state index in [1.165, 1.54) is 18.2 Å². The van der Waals surface area contributed by atoms with Gasteiger partial charge in [0.15, 0.2) is 0 Å². The van der Waals surface area contributed by atoms with Crippen LogP contribution in [-0.2, 0) is 0 Å². The fraction of sp³-hybridized carbons (Fsp3) is 0. The Morgan fingerprint density at radius 1 is 1.19 bits per heavy atom. The van der Waals surface area contributed by atoms with E-state index in [0.717, 1.165) is 5.39 Å². The van der Waals surface area contributed by atoms with Crippen LogP contribution in [-0.4, -0.2) is 15.0 Å². The van der Waals surface area contributed by atoms with Crippen LogP contribution in [0.4, 0.5) is 15.8 Å². The summed E-state index contributed by atoms with van der Waals surface area (Å²) >= 11 is 5.83. The molecule has 0 aliphatic carbocycles. The summed E-state index contributed by atoms with van der Waals surface area (Å²) in [5.41, 5.74) is 2.12. The number of H-pyrrole nitrogens is 2. The molecule has 6 nitrogen and oxygen atoms in total. The second-order valence-electron chi connectivity index (χ2n) is 5.76. The maximum absolute atomic E-state index is 13.4. The predicted molar refractivity (Wildman–Crippen MR) is 102 cm³/mol. The fourth-order valence-corrected chi connectivity index (χ4v) is 2.99. The number of anilines is 2. The van der Waals surface area contributed by atoms with Crippen molar-refractivity contribution < 1.29 is 4.39 Å². The van der Waals surface area contributed by atoms with E-state index in [-0.39, 0.29) is 16.3 Å². The molecule has 0 saturated heterocycles. The minimum absolute atomic E-state index is 0.0810. The molecule has 0 atom stereocenters. The Labute approximate surface area is 157 Å². The zero-order valence-corrected chi connectivity index (χ0v) is 14.4. The molecule has 4 rings (SSSR count). The van der Waals surface area contributed by atoms with Crippen molar-refractivity contribution in [3.8, 4) is 17.2 Å². The molecular formula is C19H11ClFN5O. The number of aromatic nitrogens is 3. The molecule has 3 aromatic heterocycles. The standard InChI is InChI=1S/C19H11ClFN5O/c20-13-7-10(1-2-14(13)21)12-8-16(17(9-22)26-19(12)27)25-15-4-6-24-18-11(15)3-5-23-18/h1-8H,(H,26,27)(H2,23,24,25). The van der Waals surface area contributed by atoms with Gasteiger partial charge in [0.05, 0.1) is 16.4 Å². The molecule has 0 saturated carbocycles. The Morgan fingerprint density at radius 2 is 2.04 bits per heavy atom. The molecule has 27 heavy (non-hydrogen) atoms. The van der Waals surface area contributed by atoms with Gasteiger partial charge in [-0.15, -0.1) is 0 Å². The van der Waals surface area contributed by atoms with Gasteiger partial charge >= 0.3 is 0 Å². The number of halogens is 2. The number of rotatable bonds is 3. The number of nitriles is 1. The number of benzene rings is 1. The Balaban J connectivity index is 1.85. The summed E-state index contributed by atoms with van der Waals surface area (Å²) in [6, 6.07) is 11.1. The molecule has 0 radical (unpaired) electrons. The lowest BCUT2D eigenvalue weighted by Gasteiger charge is -2.11. The van der Waals surface area contributed by atoms with E-state index in [1.54, 1.807) is 24.5 Å². The van der Waals surface area contributed by atoms with Gasteiger partial charge in [0, 0.05) is 23.3 Å². The molecule has 3 heterocycles. The number of hydrogen-bond donors (Lipinski definition) is 3. The molecule has 0 aliphatic rings. The highest BCUT2D eigenvalue weighted by Gasteiger charge is 2.13. The molecule has 0 bridgehead atoms. The van der Waals surface area contributed by atoms with Crippen LogP contribution < -0.4 is 10.9 Å². The van der Waals surface area contributed by atoms with Gasteiger partial charge in [-0.3, -0.25) is 4.79 Å². The van der Waals surface area contributed by atoms with Gasteiger partial charge in [0.1, 0.15) is 23.2 Å². The van der Waals surface area contributed by atoms with E-state index in [0.29, 0.717) is 22.6 Å². The zero-order valence-electron chi connectivity index (χ0n) is 13.7. The lowest BCUT2D eigenvalue weighted by molar-refractivity contribution is 0.628. The van der Waals surface area contributed by atoms with Crippen LogP contribution in [0.1, 0.15) is 5.69 Å². The Morgan fingerprint density at radius 3 is 2.81 bits per heavy atom. The molecule has 3 N–H and O–H groups in total. The summed E-state index contributed by atoms with van der Waals surface area (Å²) in [4.78, 5) is 22.2. The molecule has 8 heteroatoms. The topological polar surface area (TPSA) is 97.4 Å². The van der Waals surface area contributed by atoms with Gasteiger partial charge in [-0.2, -0.15) is 5.26 Å². The van der Waals surface area contributed by atoms with Crippen LogP contribution in [0.5, 0.6) is 0 Å². The van der Waals surface area contributed by atoms with Crippen LogP contribution in [0.3, 0.4) is 0 Å². The highest BCUT2D eigenvalue weighted by atomic mass is 35.5. The first-order chi connectivity index (χ1) is 13.1. The van der Waals surface area contributed by atoms with Crippen LogP contribution in [0.25, 0.3) is 22.2 Å². The van der Waals surface area contributed by atoms with E-state index in [9.17, 15) is 14.4 Å². The molecule has 4 aromatic rings. The SMILES string of the molecule is N#Cc1[nH]c(=O)c(-c2ccc(F)c(Cl)c2)cc1Nc1ccnc2[nH]ccc12. The second kappa shape index (κ2) is 6.59. The Hall–Kier alpha value is -3.63. The van der Waals surface area contributed by atoms with Gasteiger partial charge in [-0.05, 0) is 35.9 Å². The van der Waals surface area contributed by atoms with E-state index < -0.39 is 11.4 Å². The van der Waals surface area contributed by atoms with Crippen molar-refractivity contribution in [1.82, 2.24) is 15.0 Å². The normalized spacial score (nSPS) is 10.7. The van der Waals surface area contributed by atoms with E-state index >= 15 is 0 Å². The van der Waals surface area contributed by atoms with Gasteiger partial charge in [-0.1, -0.05) is 17.7 Å². The number of nitrogens with one attached hydrogen (secondary N) is 3. The maximum Gasteiger partial charge on any atom is 0.256 e. The number of nitrogens with zero attached hydrogens (tertiary/aromatic N) is 2. The number of aromatic amines is 2. The van der Waals surface area contributed by atoms with Crippen molar-refractivity contribution in [2.45, 2.75) is 0 Å². The summed E-state index contributed by atoms with van der Waals surface area (Å²) in [5, 5.41) is 13.3. The van der Waals surface area contributed by atoms with Crippen molar-refractivity contribution in [3.63, 3.8) is 0 Å². The summed E-state index contributed by atoms with van der Waals surface area (Å²) in [6.45, 7) is 0.